The molecule has 0 amide bonds. The van der Waals surface area contributed by atoms with E-state index in [0.29, 0.717) is 11.9 Å². The molecule has 0 unspecified atom stereocenters. The van der Waals surface area contributed by atoms with Crippen LogP contribution >= 0.6 is 0 Å². The van der Waals surface area contributed by atoms with Crippen molar-refractivity contribution in [3.8, 4) is 11.4 Å². The Labute approximate surface area is 130 Å². The number of nitrogens with zero attached hydrogens (tertiary/aromatic N) is 3. The van der Waals surface area contributed by atoms with E-state index in [1.54, 1.807) is 12.1 Å². The summed E-state index contributed by atoms with van der Waals surface area (Å²) >= 11 is 0. The summed E-state index contributed by atoms with van der Waals surface area (Å²) in [6.07, 6.45) is 2.81. The monoisotopic (exact) mass is 300 g/mol. The van der Waals surface area contributed by atoms with Crippen molar-refractivity contribution in [3.63, 3.8) is 0 Å². The zero-order chi connectivity index (χ0) is 15.5. The lowest BCUT2D eigenvalue weighted by molar-refractivity contribution is 0.498. The van der Waals surface area contributed by atoms with Crippen LogP contribution in [0.15, 0.2) is 30.3 Å². The number of aromatic nitrogens is 2. The van der Waals surface area contributed by atoms with Gasteiger partial charge in [0.2, 0.25) is 0 Å². The minimum Gasteiger partial charge on any atom is -0.356 e. The van der Waals surface area contributed by atoms with Gasteiger partial charge in [0.15, 0.2) is 5.82 Å². The molecule has 1 aliphatic rings. The number of benzene rings is 1. The molecule has 5 heteroatoms. The maximum atomic E-state index is 13.1. The molecule has 0 spiro atoms. The second-order valence-electron chi connectivity index (χ2n) is 5.73. The average Bonchev–Trinajstić information content (AvgIpc) is 2.55. The number of nitrogens with two attached hydrogens (primary N) is 1. The van der Waals surface area contributed by atoms with E-state index in [4.69, 9.17) is 5.73 Å². The molecule has 0 radical (unpaired) electrons. The van der Waals surface area contributed by atoms with Gasteiger partial charge >= 0.3 is 0 Å². The Morgan fingerprint density at radius 3 is 2.50 bits per heavy atom. The molecule has 1 aliphatic heterocycles. The third-order valence-corrected chi connectivity index (χ3v) is 4.09. The summed E-state index contributed by atoms with van der Waals surface area (Å²) in [5.74, 6) is 1.35. The van der Waals surface area contributed by atoms with Crippen LogP contribution in [0, 0.1) is 5.82 Å². The van der Waals surface area contributed by atoms with Crippen molar-refractivity contribution in [1.29, 1.82) is 0 Å². The summed E-state index contributed by atoms with van der Waals surface area (Å²) in [5, 5.41) is 0. The molecule has 0 aliphatic carbocycles. The van der Waals surface area contributed by atoms with E-state index in [2.05, 4.69) is 21.8 Å². The molecule has 2 N–H and O–H groups in total. The largest absolute Gasteiger partial charge is 0.356 e. The Morgan fingerprint density at radius 2 is 1.86 bits per heavy atom. The molecule has 22 heavy (non-hydrogen) atoms. The molecule has 1 aromatic heterocycles. The van der Waals surface area contributed by atoms with Crippen molar-refractivity contribution in [3.05, 3.63) is 41.8 Å². The third kappa shape index (κ3) is 3.25. The summed E-state index contributed by atoms with van der Waals surface area (Å²) in [5.41, 5.74) is 7.81. The van der Waals surface area contributed by atoms with Gasteiger partial charge in [-0.05, 0) is 43.5 Å². The number of rotatable bonds is 3. The Bertz CT molecular complexity index is 634. The van der Waals surface area contributed by atoms with Crippen LogP contribution in [0.5, 0.6) is 0 Å². The highest BCUT2D eigenvalue weighted by Crippen LogP contribution is 2.23. The van der Waals surface area contributed by atoms with Gasteiger partial charge in [0.1, 0.15) is 11.6 Å². The molecular weight excluding hydrogens is 279 g/mol. The zero-order valence-electron chi connectivity index (χ0n) is 12.8. The molecule has 1 aromatic carbocycles. The van der Waals surface area contributed by atoms with Gasteiger partial charge in [-0.15, -0.1) is 0 Å². The van der Waals surface area contributed by atoms with E-state index in [0.717, 1.165) is 49.4 Å². The molecule has 0 atom stereocenters. The number of anilines is 1. The predicted molar refractivity (Wildman–Crippen MR) is 86.2 cm³/mol. The summed E-state index contributed by atoms with van der Waals surface area (Å²) in [6, 6.07) is 8.66. The van der Waals surface area contributed by atoms with Gasteiger partial charge < -0.3 is 10.6 Å². The molecule has 4 nitrogen and oxygen atoms in total. The molecule has 2 aromatic rings. The van der Waals surface area contributed by atoms with E-state index in [1.807, 2.05) is 6.07 Å². The number of hydrogen-bond acceptors (Lipinski definition) is 4. The van der Waals surface area contributed by atoms with Crippen molar-refractivity contribution in [2.75, 3.05) is 18.0 Å². The Balaban J connectivity index is 1.94. The topological polar surface area (TPSA) is 55.0 Å². The molecule has 1 saturated heterocycles. The first-order valence-electron chi connectivity index (χ1n) is 7.80. The average molecular weight is 300 g/mol. The van der Waals surface area contributed by atoms with E-state index in [1.165, 1.54) is 12.1 Å². The first-order chi connectivity index (χ1) is 10.7. The fourth-order valence-corrected chi connectivity index (χ4v) is 2.68. The number of hydrogen-bond donors (Lipinski definition) is 1. The SMILES string of the molecule is CCc1cc(N2CCC(N)CC2)nc(-c2ccc(F)cc2)n1. The maximum Gasteiger partial charge on any atom is 0.161 e. The Kier molecular flexibility index (Phi) is 4.34. The lowest BCUT2D eigenvalue weighted by Crippen LogP contribution is -2.40. The van der Waals surface area contributed by atoms with Crippen LogP contribution in [-0.2, 0) is 6.42 Å². The highest BCUT2D eigenvalue weighted by molar-refractivity contribution is 5.58. The third-order valence-electron chi connectivity index (χ3n) is 4.09. The maximum absolute atomic E-state index is 13.1. The van der Waals surface area contributed by atoms with Gasteiger partial charge in [0, 0.05) is 36.5 Å². The van der Waals surface area contributed by atoms with Crippen molar-refractivity contribution >= 4 is 5.82 Å². The lowest BCUT2D eigenvalue weighted by Gasteiger charge is -2.31. The van der Waals surface area contributed by atoms with Gasteiger partial charge in [-0.25, -0.2) is 14.4 Å². The Hall–Kier alpha value is -2.01. The molecule has 0 bridgehead atoms. The first-order valence-corrected chi connectivity index (χ1v) is 7.80. The van der Waals surface area contributed by atoms with Gasteiger partial charge in [0.05, 0.1) is 0 Å². The quantitative estimate of drug-likeness (QED) is 0.947. The molecule has 3 rings (SSSR count). The van der Waals surface area contributed by atoms with E-state index >= 15 is 0 Å². The Morgan fingerprint density at radius 1 is 1.18 bits per heavy atom. The van der Waals surface area contributed by atoms with Crippen LogP contribution in [0.4, 0.5) is 10.2 Å². The van der Waals surface area contributed by atoms with Crippen molar-refractivity contribution < 1.29 is 4.39 Å². The highest BCUT2D eigenvalue weighted by atomic mass is 19.1. The number of halogens is 1. The summed E-state index contributed by atoms with van der Waals surface area (Å²) in [6.45, 7) is 3.92. The first kappa shape index (κ1) is 14.9. The smallest absolute Gasteiger partial charge is 0.161 e. The standard InChI is InChI=1S/C17H21FN4/c1-2-15-11-16(22-9-7-14(19)8-10-22)21-17(20-15)12-3-5-13(18)6-4-12/h3-6,11,14H,2,7-10,19H2,1H3. The van der Waals surface area contributed by atoms with Crippen LogP contribution in [0.1, 0.15) is 25.5 Å². The van der Waals surface area contributed by atoms with Crippen molar-refractivity contribution in [2.24, 2.45) is 5.73 Å². The minimum atomic E-state index is -0.249. The van der Waals surface area contributed by atoms with Crippen LogP contribution in [0.3, 0.4) is 0 Å². The fraction of sp³-hybridized carbons (Fsp3) is 0.412. The number of piperidine rings is 1. The molecule has 1 fully saturated rings. The lowest BCUT2D eigenvalue weighted by atomic mass is 10.1. The normalized spacial score (nSPS) is 16.0. The van der Waals surface area contributed by atoms with E-state index in [9.17, 15) is 4.39 Å². The second-order valence-corrected chi connectivity index (χ2v) is 5.73. The van der Waals surface area contributed by atoms with E-state index < -0.39 is 0 Å². The van der Waals surface area contributed by atoms with Crippen molar-refractivity contribution in [1.82, 2.24) is 9.97 Å². The molecular formula is C17H21FN4. The minimum absolute atomic E-state index is 0.249. The molecule has 2 heterocycles. The molecule has 116 valence electrons. The van der Waals surface area contributed by atoms with Gasteiger partial charge in [-0.2, -0.15) is 0 Å². The van der Waals surface area contributed by atoms with Crippen LogP contribution < -0.4 is 10.6 Å². The van der Waals surface area contributed by atoms with Crippen LogP contribution in [-0.4, -0.2) is 29.1 Å². The van der Waals surface area contributed by atoms with Gasteiger partial charge in [-0.3, -0.25) is 0 Å². The zero-order valence-corrected chi connectivity index (χ0v) is 12.8. The fourth-order valence-electron chi connectivity index (χ4n) is 2.68. The number of aryl methyl sites for hydroxylation is 1. The second kappa shape index (κ2) is 6.40. The van der Waals surface area contributed by atoms with Gasteiger partial charge in [-0.1, -0.05) is 6.92 Å². The summed E-state index contributed by atoms with van der Waals surface area (Å²) in [4.78, 5) is 11.5. The van der Waals surface area contributed by atoms with Gasteiger partial charge in [0.25, 0.3) is 0 Å². The van der Waals surface area contributed by atoms with Crippen LogP contribution in [0.25, 0.3) is 11.4 Å². The summed E-state index contributed by atoms with van der Waals surface area (Å²) in [7, 11) is 0. The summed E-state index contributed by atoms with van der Waals surface area (Å²) < 4.78 is 13.1. The highest BCUT2D eigenvalue weighted by Gasteiger charge is 2.18. The molecule has 0 saturated carbocycles. The van der Waals surface area contributed by atoms with Crippen molar-refractivity contribution in [2.45, 2.75) is 32.2 Å². The predicted octanol–water partition coefficient (Wildman–Crippen LogP) is 2.77. The van der Waals surface area contributed by atoms with Crippen LogP contribution in [0.2, 0.25) is 0 Å². The van der Waals surface area contributed by atoms with E-state index in [-0.39, 0.29) is 5.82 Å².